The molecule has 0 unspecified atom stereocenters. The molecule has 6 heteroatoms. The number of aryl methyl sites for hydroxylation is 2. The molecule has 0 N–H and O–H groups in total. The van der Waals surface area contributed by atoms with Crippen LogP contribution in [0.2, 0.25) is 0 Å². The summed E-state index contributed by atoms with van der Waals surface area (Å²) in [4.78, 5) is 21.4. The molecule has 2 aromatic heterocycles. The van der Waals surface area contributed by atoms with Crippen LogP contribution in [0.5, 0.6) is 0 Å². The zero-order valence-electron chi connectivity index (χ0n) is 15.5. The zero-order chi connectivity index (χ0) is 18.1. The van der Waals surface area contributed by atoms with Gasteiger partial charge in [-0.1, -0.05) is 0 Å². The minimum Gasteiger partial charge on any atom is -0.355 e. The van der Waals surface area contributed by atoms with Gasteiger partial charge in [0, 0.05) is 43.5 Å². The summed E-state index contributed by atoms with van der Waals surface area (Å²) >= 11 is 0. The fourth-order valence-electron chi connectivity index (χ4n) is 4.18. The first-order valence-electron chi connectivity index (χ1n) is 9.32. The van der Waals surface area contributed by atoms with Gasteiger partial charge in [-0.25, -0.2) is 0 Å². The Kier molecular flexibility index (Phi) is 4.34. The highest BCUT2D eigenvalue weighted by Crippen LogP contribution is 2.40. The van der Waals surface area contributed by atoms with Gasteiger partial charge in [0.25, 0.3) is 5.91 Å². The Morgan fingerprint density at radius 3 is 2.58 bits per heavy atom. The van der Waals surface area contributed by atoms with E-state index in [1.807, 2.05) is 36.9 Å². The van der Waals surface area contributed by atoms with Crippen molar-refractivity contribution in [3.8, 4) is 0 Å². The maximum atomic E-state index is 12.8. The zero-order valence-corrected chi connectivity index (χ0v) is 15.5. The van der Waals surface area contributed by atoms with Crippen LogP contribution < -0.4 is 4.90 Å². The van der Waals surface area contributed by atoms with Crippen molar-refractivity contribution in [1.82, 2.24) is 20.1 Å². The Morgan fingerprint density at radius 1 is 1.00 bits per heavy atom. The molecule has 1 spiro atoms. The number of hydrogen-bond acceptors (Lipinski definition) is 5. The van der Waals surface area contributed by atoms with Crippen LogP contribution in [0.1, 0.15) is 41.0 Å². The van der Waals surface area contributed by atoms with Crippen molar-refractivity contribution in [3.63, 3.8) is 0 Å². The second-order valence-corrected chi connectivity index (χ2v) is 7.72. The Bertz CT molecular complexity index is 789. The quantitative estimate of drug-likeness (QED) is 0.832. The molecule has 136 valence electrons. The molecular weight excluding hydrogens is 326 g/mol. The summed E-state index contributed by atoms with van der Waals surface area (Å²) in [6.07, 6.45) is 5.04. The van der Waals surface area contributed by atoms with Gasteiger partial charge < -0.3 is 9.80 Å². The summed E-state index contributed by atoms with van der Waals surface area (Å²) in [6.45, 7) is 7.48. The van der Waals surface area contributed by atoms with Gasteiger partial charge in [-0.2, -0.15) is 5.10 Å². The summed E-state index contributed by atoms with van der Waals surface area (Å²) in [6, 6.07) is 7.85. The molecule has 2 fully saturated rings. The van der Waals surface area contributed by atoms with Crippen LogP contribution >= 0.6 is 0 Å². The summed E-state index contributed by atoms with van der Waals surface area (Å²) in [5.41, 5.74) is 2.72. The molecule has 26 heavy (non-hydrogen) atoms. The predicted octanol–water partition coefficient (Wildman–Crippen LogP) is 2.62. The number of carbonyl (C=O) groups is 1. The number of pyridine rings is 1. The third-order valence-corrected chi connectivity index (χ3v) is 5.65. The van der Waals surface area contributed by atoms with E-state index in [1.54, 1.807) is 6.20 Å². The number of nitrogens with zero attached hydrogens (tertiary/aromatic N) is 5. The lowest BCUT2D eigenvalue weighted by Gasteiger charge is -2.40. The lowest BCUT2D eigenvalue weighted by Crippen LogP contribution is -2.45. The number of amides is 1. The highest BCUT2D eigenvalue weighted by atomic mass is 16.2. The molecule has 6 nitrogen and oxygen atoms in total. The SMILES string of the molecule is Cc1ccc(C(=O)N2CC[C@]3(CCCN(c4ccc(C)nn4)C3)C2)cn1. The second-order valence-electron chi connectivity index (χ2n) is 7.72. The fraction of sp³-hybridized carbons (Fsp3) is 0.500. The van der Waals surface area contributed by atoms with Crippen molar-refractivity contribution in [2.24, 2.45) is 5.41 Å². The van der Waals surface area contributed by atoms with E-state index in [2.05, 4.69) is 26.1 Å². The molecule has 1 amide bonds. The first kappa shape index (κ1) is 16.9. The lowest BCUT2D eigenvalue weighted by molar-refractivity contribution is 0.0767. The van der Waals surface area contributed by atoms with E-state index < -0.39 is 0 Å². The molecule has 0 aliphatic carbocycles. The fourth-order valence-corrected chi connectivity index (χ4v) is 4.18. The van der Waals surface area contributed by atoms with E-state index in [1.165, 1.54) is 6.42 Å². The summed E-state index contributed by atoms with van der Waals surface area (Å²) in [7, 11) is 0. The van der Waals surface area contributed by atoms with Gasteiger partial charge in [0.05, 0.1) is 11.3 Å². The van der Waals surface area contributed by atoms with Crippen LogP contribution in [-0.4, -0.2) is 52.2 Å². The summed E-state index contributed by atoms with van der Waals surface area (Å²) in [5.74, 6) is 1.05. The average Bonchev–Trinajstić information content (AvgIpc) is 3.05. The third kappa shape index (κ3) is 3.28. The van der Waals surface area contributed by atoms with Crippen LogP contribution in [0.3, 0.4) is 0 Å². The topological polar surface area (TPSA) is 62.2 Å². The van der Waals surface area contributed by atoms with Gasteiger partial charge in [-0.05, 0) is 57.4 Å². The van der Waals surface area contributed by atoms with Gasteiger partial charge in [0.15, 0.2) is 5.82 Å². The molecule has 0 radical (unpaired) electrons. The Labute approximate surface area is 154 Å². The van der Waals surface area contributed by atoms with Gasteiger partial charge in [-0.15, -0.1) is 5.10 Å². The predicted molar refractivity (Wildman–Crippen MR) is 100 cm³/mol. The molecule has 2 saturated heterocycles. The molecule has 0 saturated carbocycles. The minimum atomic E-state index is 0.0987. The van der Waals surface area contributed by atoms with Crippen LogP contribution in [0, 0.1) is 19.3 Å². The second kappa shape index (κ2) is 6.67. The first-order chi connectivity index (χ1) is 12.5. The third-order valence-electron chi connectivity index (χ3n) is 5.65. The van der Waals surface area contributed by atoms with E-state index in [4.69, 9.17) is 0 Å². The largest absolute Gasteiger partial charge is 0.355 e. The standard InChI is InChI=1S/C20H25N5O/c1-15-4-6-17(12-21-15)19(26)25-11-9-20(14-25)8-3-10-24(13-20)18-7-5-16(2)22-23-18/h4-7,12H,3,8-11,13-14H2,1-2H3/t20-/m0/s1. The number of likely N-dealkylation sites (tertiary alicyclic amines) is 1. The van der Waals surface area contributed by atoms with Crippen molar-refractivity contribution in [2.45, 2.75) is 33.1 Å². The number of hydrogen-bond donors (Lipinski definition) is 0. The smallest absolute Gasteiger partial charge is 0.255 e. The van der Waals surface area contributed by atoms with Crippen LogP contribution in [0.15, 0.2) is 30.5 Å². The van der Waals surface area contributed by atoms with Crippen molar-refractivity contribution in [1.29, 1.82) is 0 Å². The molecule has 4 heterocycles. The number of rotatable bonds is 2. The highest BCUT2D eigenvalue weighted by molar-refractivity contribution is 5.94. The molecule has 0 bridgehead atoms. The van der Waals surface area contributed by atoms with Crippen LogP contribution in [-0.2, 0) is 0 Å². The lowest BCUT2D eigenvalue weighted by atomic mass is 9.79. The Morgan fingerprint density at radius 2 is 1.85 bits per heavy atom. The highest BCUT2D eigenvalue weighted by Gasteiger charge is 2.43. The van der Waals surface area contributed by atoms with Crippen molar-refractivity contribution in [2.75, 3.05) is 31.1 Å². The van der Waals surface area contributed by atoms with Crippen LogP contribution in [0.4, 0.5) is 5.82 Å². The van der Waals surface area contributed by atoms with Crippen LogP contribution in [0.25, 0.3) is 0 Å². The normalized spacial score (nSPS) is 22.8. The molecule has 4 rings (SSSR count). The molecular formula is C20H25N5O. The summed E-state index contributed by atoms with van der Waals surface area (Å²) in [5, 5.41) is 8.55. The molecule has 2 aliphatic rings. The Hall–Kier alpha value is -2.50. The van der Waals surface area contributed by atoms with E-state index in [0.717, 1.165) is 56.2 Å². The van der Waals surface area contributed by atoms with Crippen molar-refractivity contribution < 1.29 is 4.79 Å². The average molecular weight is 351 g/mol. The van der Waals surface area contributed by atoms with Gasteiger partial charge in [-0.3, -0.25) is 9.78 Å². The van der Waals surface area contributed by atoms with Crippen molar-refractivity contribution >= 4 is 11.7 Å². The van der Waals surface area contributed by atoms with Gasteiger partial charge >= 0.3 is 0 Å². The maximum Gasteiger partial charge on any atom is 0.255 e. The van der Waals surface area contributed by atoms with E-state index in [0.29, 0.717) is 5.56 Å². The number of aromatic nitrogens is 3. The van der Waals surface area contributed by atoms with E-state index in [-0.39, 0.29) is 11.3 Å². The monoisotopic (exact) mass is 351 g/mol. The van der Waals surface area contributed by atoms with Gasteiger partial charge in [0.1, 0.15) is 0 Å². The minimum absolute atomic E-state index is 0.0987. The number of anilines is 1. The van der Waals surface area contributed by atoms with Crippen molar-refractivity contribution in [3.05, 3.63) is 47.4 Å². The maximum absolute atomic E-state index is 12.8. The molecule has 2 aromatic rings. The number of carbonyl (C=O) groups excluding carboxylic acids is 1. The van der Waals surface area contributed by atoms with E-state index in [9.17, 15) is 4.79 Å². The Balaban J connectivity index is 1.47. The van der Waals surface area contributed by atoms with E-state index >= 15 is 0 Å². The first-order valence-corrected chi connectivity index (χ1v) is 9.32. The molecule has 2 aliphatic heterocycles. The molecule has 0 aromatic carbocycles. The summed E-state index contributed by atoms with van der Waals surface area (Å²) < 4.78 is 0. The van der Waals surface area contributed by atoms with Gasteiger partial charge in [0.2, 0.25) is 0 Å². The molecule has 1 atom stereocenters. The number of piperidine rings is 1.